The maximum absolute atomic E-state index is 13.2. The zero-order chi connectivity index (χ0) is 14.4. The quantitative estimate of drug-likeness (QED) is 0.764. The van der Waals surface area contributed by atoms with Crippen LogP contribution in [0.3, 0.4) is 0 Å². The summed E-state index contributed by atoms with van der Waals surface area (Å²) in [5.41, 5.74) is 0.963. The van der Waals surface area contributed by atoms with Gasteiger partial charge in [-0.3, -0.25) is 0 Å². The summed E-state index contributed by atoms with van der Waals surface area (Å²) in [5, 5.41) is 3.28. The Bertz CT molecular complexity index is 557. The molecule has 0 saturated heterocycles. The van der Waals surface area contributed by atoms with Crippen molar-refractivity contribution in [3.8, 4) is 5.75 Å². The van der Waals surface area contributed by atoms with Crippen molar-refractivity contribution < 1.29 is 13.5 Å². The first-order chi connectivity index (χ1) is 9.70. The molecule has 0 unspecified atom stereocenters. The van der Waals surface area contributed by atoms with E-state index >= 15 is 0 Å². The van der Waals surface area contributed by atoms with Gasteiger partial charge < -0.3 is 14.5 Å². The molecule has 2 rings (SSSR count). The second kappa shape index (κ2) is 7.45. The van der Waals surface area contributed by atoms with Crippen molar-refractivity contribution in [3.05, 3.63) is 52.1 Å². The SMILES string of the molecule is CCCNCc1occc1COc1cc(F)ccc1Br. The smallest absolute Gasteiger partial charge is 0.136 e. The molecule has 0 amide bonds. The van der Waals surface area contributed by atoms with Crippen molar-refractivity contribution in [1.82, 2.24) is 5.32 Å². The molecule has 1 heterocycles. The van der Waals surface area contributed by atoms with Gasteiger partial charge in [0.2, 0.25) is 0 Å². The maximum atomic E-state index is 13.2. The molecule has 3 nitrogen and oxygen atoms in total. The van der Waals surface area contributed by atoms with Gasteiger partial charge in [-0.2, -0.15) is 0 Å². The lowest BCUT2D eigenvalue weighted by Crippen LogP contribution is -2.14. The highest BCUT2D eigenvalue weighted by Crippen LogP contribution is 2.26. The van der Waals surface area contributed by atoms with Crippen molar-refractivity contribution in [2.45, 2.75) is 26.5 Å². The van der Waals surface area contributed by atoms with Crippen LogP contribution >= 0.6 is 15.9 Å². The first-order valence-corrected chi connectivity index (χ1v) is 7.33. The van der Waals surface area contributed by atoms with E-state index in [2.05, 4.69) is 28.2 Å². The number of benzene rings is 1. The van der Waals surface area contributed by atoms with Crippen LogP contribution in [-0.4, -0.2) is 6.54 Å². The first kappa shape index (κ1) is 15.1. The molecule has 0 atom stereocenters. The van der Waals surface area contributed by atoms with Gasteiger partial charge in [-0.15, -0.1) is 0 Å². The fraction of sp³-hybridized carbons (Fsp3) is 0.333. The van der Waals surface area contributed by atoms with E-state index in [1.165, 1.54) is 12.1 Å². The predicted octanol–water partition coefficient (Wildman–Crippen LogP) is 4.26. The fourth-order valence-corrected chi connectivity index (χ4v) is 2.13. The van der Waals surface area contributed by atoms with Crippen LogP contribution in [0.1, 0.15) is 24.7 Å². The summed E-state index contributed by atoms with van der Waals surface area (Å²) >= 11 is 3.34. The molecule has 0 saturated carbocycles. The minimum Gasteiger partial charge on any atom is -0.487 e. The highest BCUT2D eigenvalue weighted by atomic mass is 79.9. The van der Waals surface area contributed by atoms with E-state index in [4.69, 9.17) is 9.15 Å². The molecule has 0 fully saturated rings. The van der Waals surface area contributed by atoms with Gasteiger partial charge in [0, 0.05) is 11.6 Å². The molecule has 20 heavy (non-hydrogen) atoms. The lowest BCUT2D eigenvalue weighted by atomic mass is 10.2. The number of furan rings is 1. The summed E-state index contributed by atoms with van der Waals surface area (Å²) in [6, 6.07) is 6.24. The van der Waals surface area contributed by atoms with Crippen LogP contribution in [0.2, 0.25) is 0 Å². The van der Waals surface area contributed by atoms with Crippen LogP contribution in [0.5, 0.6) is 5.75 Å². The average Bonchev–Trinajstić information content (AvgIpc) is 2.88. The Morgan fingerprint density at radius 3 is 3.00 bits per heavy atom. The Hall–Kier alpha value is -1.33. The molecule has 0 radical (unpaired) electrons. The second-order valence-electron chi connectivity index (χ2n) is 4.41. The van der Waals surface area contributed by atoms with E-state index in [0.29, 0.717) is 18.9 Å². The maximum Gasteiger partial charge on any atom is 0.136 e. The van der Waals surface area contributed by atoms with Gasteiger partial charge in [-0.25, -0.2) is 4.39 Å². The molecule has 1 N–H and O–H groups in total. The van der Waals surface area contributed by atoms with Crippen molar-refractivity contribution in [2.75, 3.05) is 6.54 Å². The Labute approximate surface area is 126 Å². The van der Waals surface area contributed by atoms with Gasteiger partial charge in [-0.1, -0.05) is 6.92 Å². The lowest BCUT2D eigenvalue weighted by molar-refractivity contribution is 0.298. The lowest BCUT2D eigenvalue weighted by Gasteiger charge is -2.09. The highest BCUT2D eigenvalue weighted by molar-refractivity contribution is 9.10. The van der Waals surface area contributed by atoms with Gasteiger partial charge >= 0.3 is 0 Å². The third-order valence-corrected chi connectivity index (χ3v) is 3.48. The van der Waals surface area contributed by atoms with E-state index < -0.39 is 0 Å². The van der Waals surface area contributed by atoms with Crippen molar-refractivity contribution >= 4 is 15.9 Å². The molecule has 0 aliphatic heterocycles. The number of hydrogen-bond donors (Lipinski definition) is 1. The Morgan fingerprint density at radius 2 is 2.20 bits per heavy atom. The minimum atomic E-state index is -0.319. The number of hydrogen-bond acceptors (Lipinski definition) is 3. The van der Waals surface area contributed by atoms with Gasteiger partial charge in [0.15, 0.2) is 0 Å². The third kappa shape index (κ3) is 4.08. The number of ether oxygens (including phenoxy) is 1. The van der Waals surface area contributed by atoms with Crippen LogP contribution in [0, 0.1) is 5.82 Å². The topological polar surface area (TPSA) is 34.4 Å². The molecule has 108 valence electrons. The summed E-state index contributed by atoms with van der Waals surface area (Å²) in [4.78, 5) is 0. The third-order valence-electron chi connectivity index (χ3n) is 2.83. The van der Waals surface area contributed by atoms with E-state index in [-0.39, 0.29) is 5.82 Å². The average molecular weight is 342 g/mol. The van der Waals surface area contributed by atoms with Gasteiger partial charge in [0.05, 0.1) is 17.3 Å². The summed E-state index contributed by atoms with van der Waals surface area (Å²) in [6.45, 7) is 4.07. The summed E-state index contributed by atoms with van der Waals surface area (Å²) < 4.78 is 25.0. The number of halogens is 2. The van der Waals surface area contributed by atoms with Crippen LogP contribution in [-0.2, 0) is 13.2 Å². The molecular formula is C15H17BrFNO2. The Morgan fingerprint density at radius 1 is 1.35 bits per heavy atom. The van der Waals surface area contributed by atoms with E-state index in [0.717, 1.165) is 28.8 Å². The van der Waals surface area contributed by atoms with Crippen molar-refractivity contribution in [3.63, 3.8) is 0 Å². The molecule has 1 aromatic heterocycles. The standard InChI is InChI=1S/C15H17BrFNO2/c1-2-6-18-9-15-11(5-7-19-15)10-20-14-8-12(17)3-4-13(14)16/h3-5,7-8,18H,2,6,9-10H2,1H3. The molecule has 5 heteroatoms. The minimum absolute atomic E-state index is 0.319. The number of nitrogens with one attached hydrogen (secondary N) is 1. The van der Waals surface area contributed by atoms with E-state index in [1.54, 1.807) is 12.3 Å². The second-order valence-corrected chi connectivity index (χ2v) is 5.26. The van der Waals surface area contributed by atoms with Gasteiger partial charge in [-0.05, 0) is 47.1 Å². The normalized spacial score (nSPS) is 10.8. The molecule has 0 bridgehead atoms. The van der Waals surface area contributed by atoms with Crippen LogP contribution in [0.15, 0.2) is 39.4 Å². The van der Waals surface area contributed by atoms with Crippen LogP contribution in [0.4, 0.5) is 4.39 Å². The van der Waals surface area contributed by atoms with Crippen molar-refractivity contribution in [2.24, 2.45) is 0 Å². The number of rotatable bonds is 7. The molecular weight excluding hydrogens is 325 g/mol. The van der Waals surface area contributed by atoms with Crippen LogP contribution in [0.25, 0.3) is 0 Å². The molecule has 1 aromatic carbocycles. The Balaban J connectivity index is 1.97. The Kier molecular flexibility index (Phi) is 5.61. The molecule has 2 aromatic rings. The van der Waals surface area contributed by atoms with Crippen LogP contribution < -0.4 is 10.1 Å². The summed E-state index contributed by atoms with van der Waals surface area (Å²) in [6.07, 6.45) is 2.71. The van der Waals surface area contributed by atoms with Crippen molar-refractivity contribution in [1.29, 1.82) is 0 Å². The summed E-state index contributed by atoms with van der Waals surface area (Å²) in [7, 11) is 0. The largest absolute Gasteiger partial charge is 0.487 e. The molecule has 0 aliphatic carbocycles. The monoisotopic (exact) mass is 341 g/mol. The highest BCUT2D eigenvalue weighted by Gasteiger charge is 2.09. The van der Waals surface area contributed by atoms with E-state index in [9.17, 15) is 4.39 Å². The van der Waals surface area contributed by atoms with Gasteiger partial charge in [0.1, 0.15) is 23.9 Å². The molecule has 0 spiro atoms. The molecule has 0 aliphatic rings. The summed E-state index contributed by atoms with van der Waals surface area (Å²) in [5.74, 6) is 1.02. The first-order valence-electron chi connectivity index (χ1n) is 6.54. The van der Waals surface area contributed by atoms with E-state index in [1.807, 2.05) is 6.07 Å². The fourth-order valence-electron chi connectivity index (χ4n) is 1.77. The zero-order valence-corrected chi connectivity index (χ0v) is 12.9. The van der Waals surface area contributed by atoms with Gasteiger partial charge in [0.25, 0.3) is 0 Å². The zero-order valence-electron chi connectivity index (χ0n) is 11.3. The predicted molar refractivity (Wildman–Crippen MR) is 79.1 cm³/mol.